The molecule has 0 aromatic heterocycles. The molecule has 21 heavy (non-hydrogen) atoms. The third-order valence-corrected chi connectivity index (χ3v) is 6.03. The van der Waals surface area contributed by atoms with Gasteiger partial charge in [0.1, 0.15) is 16.7 Å². The van der Waals surface area contributed by atoms with Gasteiger partial charge in [0.25, 0.3) is 0 Å². The van der Waals surface area contributed by atoms with Crippen molar-refractivity contribution in [1.29, 1.82) is 0 Å². The Hall–Kier alpha value is -1.07. The molecule has 0 spiro atoms. The Balaban J connectivity index is 2.24. The Bertz CT molecular complexity index is 556. The summed E-state index contributed by atoms with van der Waals surface area (Å²) in [5.41, 5.74) is 5.82. The van der Waals surface area contributed by atoms with Crippen LogP contribution in [-0.4, -0.2) is 26.8 Å². The van der Waals surface area contributed by atoms with E-state index in [9.17, 15) is 8.42 Å². The number of rotatable bonds is 6. The predicted octanol–water partition coefficient (Wildman–Crippen LogP) is 2.77. The fourth-order valence-corrected chi connectivity index (χ4v) is 4.41. The lowest BCUT2D eigenvalue weighted by atomic mass is 9.86. The number of para-hydroxylation sites is 1. The summed E-state index contributed by atoms with van der Waals surface area (Å²) < 4.78 is 30.7. The van der Waals surface area contributed by atoms with E-state index in [0.29, 0.717) is 29.5 Å². The zero-order valence-electron chi connectivity index (χ0n) is 12.6. The molecule has 1 aromatic carbocycles. The van der Waals surface area contributed by atoms with Gasteiger partial charge in [0, 0.05) is 5.92 Å². The SMILES string of the molecule is CCCS(=O)(=O)c1ccccc1OC1CCCCC1CN. The molecule has 0 heterocycles. The van der Waals surface area contributed by atoms with Crippen molar-refractivity contribution in [3.8, 4) is 5.75 Å². The quantitative estimate of drug-likeness (QED) is 0.877. The molecule has 118 valence electrons. The highest BCUT2D eigenvalue weighted by atomic mass is 32.2. The summed E-state index contributed by atoms with van der Waals surface area (Å²) >= 11 is 0. The minimum Gasteiger partial charge on any atom is -0.489 e. The van der Waals surface area contributed by atoms with Gasteiger partial charge in [-0.25, -0.2) is 8.42 Å². The topological polar surface area (TPSA) is 69.4 Å². The van der Waals surface area contributed by atoms with Gasteiger partial charge in [-0.15, -0.1) is 0 Å². The molecule has 0 aliphatic heterocycles. The van der Waals surface area contributed by atoms with Crippen LogP contribution in [0.3, 0.4) is 0 Å². The van der Waals surface area contributed by atoms with Crippen LogP contribution in [0.25, 0.3) is 0 Å². The molecule has 2 unspecified atom stereocenters. The predicted molar refractivity (Wildman–Crippen MR) is 84.2 cm³/mol. The van der Waals surface area contributed by atoms with E-state index in [1.54, 1.807) is 18.2 Å². The van der Waals surface area contributed by atoms with Crippen LogP contribution in [-0.2, 0) is 9.84 Å². The molecule has 1 aliphatic carbocycles. The summed E-state index contributed by atoms with van der Waals surface area (Å²) in [6.07, 6.45) is 4.94. The molecule has 2 atom stereocenters. The fourth-order valence-electron chi connectivity index (χ4n) is 2.94. The minimum atomic E-state index is -3.27. The van der Waals surface area contributed by atoms with Gasteiger partial charge in [-0.05, 0) is 44.4 Å². The molecule has 5 heteroatoms. The highest BCUT2D eigenvalue weighted by Crippen LogP contribution is 2.31. The second kappa shape index (κ2) is 7.27. The Morgan fingerprint density at radius 1 is 1.24 bits per heavy atom. The van der Waals surface area contributed by atoms with E-state index in [4.69, 9.17) is 10.5 Å². The lowest BCUT2D eigenvalue weighted by Crippen LogP contribution is -2.35. The van der Waals surface area contributed by atoms with Crippen LogP contribution in [0.5, 0.6) is 5.75 Å². The highest BCUT2D eigenvalue weighted by Gasteiger charge is 2.27. The summed E-state index contributed by atoms with van der Waals surface area (Å²) in [5.74, 6) is 0.954. The summed E-state index contributed by atoms with van der Waals surface area (Å²) in [7, 11) is -3.27. The third-order valence-electron chi connectivity index (χ3n) is 4.08. The number of nitrogens with two attached hydrogens (primary N) is 1. The molecule has 0 saturated heterocycles. The van der Waals surface area contributed by atoms with Crippen LogP contribution >= 0.6 is 0 Å². The molecule has 0 amide bonds. The Labute approximate surface area is 127 Å². The van der Waals surface area contributed by atoms with Gasteiger partial charge in [0.05, 0.1) is 5.75 Å². The average Bonchev–Trinajstić information content (AvgIpc) is 2.48. The largest absolute Gasteiger partial charge is 0.489 e. The molecular formula is C16H25NO3S. The number of hydrogen-bond donors (Lipinski definition) is 1. The van der Waals surface area contributed by atoms with Crippen LogP contribution in [0.4, 0.5) is 0 Å². The van der Waals surface area contributed by atoms with Crippen molar-refractivity contribution in [3.63, 3.8) is 0 Å². The van der Waals surface area contributed by atoms with Crippen LogP contribution in [0.1, 0.15) is 39.0 Å². The maximum atomic E-state index is 12.3. The van der Waals surface area contributed by atoms with Crippen molar-refractivity contribution < 1.29 is 13.2 Å². The van der Waals surface area contributed by atoms with E-state index in [0.717, 1.165) is 19.3 Å². The molecule has 1 aliphatic rings. The van der Waals surface area contributed by atoms with E-state index in [1.165, 1.54) is 6.42 Å². The number of hydrogen-bond acceptors (Lipinski definition) is 4. The van der Waals surface area contributed by atoms with Crippen molar-refractivity contribution in [3.05, 3.63) is 24.3 Å². The Morgan fingerprint density at radius 2 is 1.95 bits per heavy atom. The van der Waals surface area contributed by atoms with Gasteiger partial charge in [-0.3, -0.25) is 0 Å². The van der Waals surface area contributed by atoms with Gasteiger partial charge >= 0.3 is 0 Å². The van der Waals surface area contributed by atoms with E-state index in [-0.39, 0.29) is 11.9 Å². The molecule has 0 radical (unpaired) electrons. The van der Waals surface area contributed by atoms with Crippen LogP contribution < -0.4 is 10.5 Å². The van der Waals surface area contributed by atoms with Crippen molar-refractivity contribution in [2.75, 3.05) is 12.3 Å². The number of benzene rings is 1. The molecular weight excluding hydrogens is 286 g/mol. The van der Waals surface area contributed by atoms with Gasteiger partial charge < -0.3 is 10.5 Å². The van der Waals surface area contributed by atoms with Crippen molar-refractivity contribution >= 4 is 9.84 Å². The van der Waals surface area contributed by atoms with Crippen molar-refractivity contribution in [1.82, 2.24) is 0 Å². The van der Waals surface area contributed by atoms with Gasteiger partial charge in [-0.1, -0.05) is 25.5 Å². The van der Waals surface area contributed by atoms with Crippen molar-refractivity contribution in [2.45, 2.75) is 50.0 Å². The first-order chi connectivity index (χ1) is 10.1. The third kappa shape index (κ3) is 3.98. The molecule has 1 saturated carbocycles. The molecule has 1 fully saturated rings. The van der Waals surface area contributed by atoms with Crippen molar-refractivity contribution in [2.24, 2.45) is 11.7 Å². The lowest BCUT2D eigenvalue weighted by molar-refractivity contribution is 0.0940. The first-order valence-corrected chi connectivity index (χ1v) is 9.42. The first-order valence-electron chi connectivity index (χ1n) is 7.77. The van der Waals surface area contributed by atoms with Crippen LogP contribution in [0, 0.1) is 5.92 Å². The maximum Gasteiger partial charge on any atom is 0.182 e. The van der Waals surface area contributed by atoms with Crippen LogP contribution in [0.15, 0.2) is 29.2 Å². The zero-order valence-corrected chi connectivity index (χ0v) is 13.4. The van der Waals surface area contributed by atoms with E-state index in [1.807, 2.05) is 13.0 Å². The highest BCUT2D eigenvalue weighted by molar-refractivity contribution is 7.91. The van der Waals surface area contributed by atoms with E-state index in [2.05, 4.69) is 0 Å². The maximum absolute atomic E-state index is 12.3. The smallest absolute Gasteiger partial charge is 0.182 e. The van der Waals surface area contributed by atoms with E-state index < -0.39 is 9.84 Å². The minimum absolute atomic E-state index is 0.0294. The molecule has 2 N–H and O–H groups in total. The summed E-state index contributed by atoms with van der Waals surface area (Å²) in [5, 5.41) is 0. The molecule has 2 rings (SSSR count). The normalized spacial score (nSPS) is 23.0. The summed E-state index contributed by atoms with van der Waals surface area (Å²) in [6, 6.07) is 6.96. The second-order valence-corrected chi connectivity index (χ2v) is 7.78. The zero-order chi connectivity index (χ0) is 15.3. The lowest BCUT2D eigenvalue weighted by Gasteiger charge is -2.31. The summed E-state index contributed by atoms with van der Waals surface area (Å²) in [4.78, 5) is 0.313. The fraction of sp³-hybridized carbons (Fsp3) is 0.625. The summed E-state index contributed by atoms with van der Waals surface area (Å²) in [6.45, 7) is 2.46. The number of ether oxygens (including phenoxy) is 1. The first kappa shape index (κ1) is 16.3. The molecule has 0 bridgehead atoms. The van der Waals surface area contributed by atoms with Gasteiger partial charge in [-0.2, -0.15) is 0 Å². The Morgan fingerprint density at radius 3 is 2.67 bits per heavy atom. The number of sulfone groups is 1. The Kier molecular flexibility index (Phi) is 5.65. The molecule has 4 nitrogen and oxygen atoms in total. The van der Waals surface area contributed by atoms with Gasteiger partial charge in [0.15, 0.2) is 9.84 Å². The van der Waals surface area contributed by atoms with Gasteiger partial charge in [0.2, 0.25) is 0 Å². The molecule has 1 aromatic rings. The average molecular weight is 311 g/mol. The standard InChI is InChI=1S/C16H25NO3S/c1-2-11-21(18,19)16-10-6-5-9-15(16)20-14-8-4-3-7-13(14)12-17/h5-6,9-10,13-14H,2-4,7-8,11-12,17H2,1H3. The van der Waals surface area contributed by atoms with E-state index >= 15 is 0 Å². The van der Waals surface area contributed by atoms with Crippen LogP contribution in [0.2, 0.25) is 0 Å². The second-order valence-electron chi connectivity index (χ2n) is 5.70. The monoisotopic (exact) mass is 311 g/mol.